The minimum Gasteiger partial charge on any atom is -0.491 e. The Kier molecular flexibility index (Phi) is 20.4. The number of esters is 4. The van der Waals surface area contributed by atoms with Gasteiger partial charge < -0.3 is 28.4 Å². The van der Waals surface area contributed by atoms with Gasteiger partial charge in [0.15, 0.2) is 23.1 Å². The van der Waals surface area contributed by atoms with Gasteiger partial charge in [-0.1, -0.05) is 25.3 Å². The summed E-state index contributed by atoms with van der Waals surface area (Å²) in [6.45, 7) is 7.41. The average molecular weight is 887 g/mol. The van der Waals surface area contributed by atoms with E-state index in [9.17, 15) is 54.3 Å². The van der Waals surface area contributed by atoms with Crippen LogP contribution in [0.3, 0.4) is 0 Å². The molecule has 0 spiro atoms. The van der Waals surface area contributed by atoms with Crippen molar-refractivity contribution in [2.45, 2.75) is 89.4 Å². The van der Waals surface area contributed by atoms with Gasteiger partial charge in [-0.15, -0.1) is 0 Å². The van der Waals surface area contributed by atoms with E-state index in [-0.39, 0.29) is 61.9 Å². The molecule has 0 aliphatic heterocycles. The highest BCUT2D eigenvalue weighted by molar-refractivity contribution is 5.81. The molecule has 0 aromatic heterocycles. The monoisotopic (exact) mass is 886 g/mol. The van der Waals surface area contributed by atoms with E-state index in [4.69, 9.17) is 28.4 Å². The molecule has 338 valence electrons. The zero-order valence-electron chi connectivity index (χ0n) is 33.6. The van der Waals surface area contributed by atoms with Crippen LogP contribution in [0.2, 0.25) is 0 Å². The van der Waals surface area contributed by atoms with Crippen LogP contribution >= 0.6 is 0 Å². The third kappa shape index (κ3) is 17.6. The first-order valence-corrected chi connectivity index (χ1v) is 19.6. The zero-order valence-corrected chi connectivity index (χ0v) is 33.6. The normalized spacial score (nSPS) is 11.4. The number of rotatable bonds is 26. The van der Waals surface area contributed by atoms with Gasteiger partial charge >= 0.3 is 36.2 Å². The molecule has 0 saturated carbocycles. The number of hydrogen-bond donors (Lipinski definition) is 0. The Balaban J connectivity index is 1.55. The van der Waals surface area contributed by atoms with Crippen molar-refractivity contribution in [3.63, 3.8) is 0 Å². The van der Waals surface area contributed by atoms with Gasteiger partial charge in [0.05, 0.1) is 26.4 Å². The van der Waals surface area contributed by atoms with Crippen LogP contribution in [0.25, 0.3) is 0 Å². The lowest BCUT2D eigenvalue weighted by Gasteiger charge is -2.21. The molecule has 3 aromatic carbocycles. The van der Waals surface area contributed by atoms with Crippen molar-refractivity contribution >= 4 is 23.9 Å². The fraction of sp³-hybridized carbons (Fsp3) is 0.409. The standard InChI is InChI=1S/C44H46F8O10/c1-3-37(53)59-25-11-7-5-9-23-57-33-17-13-29(27-31(33)45)15-21-39(55)61-35-19-20-36(42(44(50,51)52)41(35)43(47,48)49)62-40(56)22-16-30-14-18-34(32(46)28-30)58-24-10-6-8-12-26-60-38(54)4-2/h3-4,13-14,17-20,27-28H,1-2,5-12,15-16,21-26H2. The van der Waals surface area contributed by atoms with Crippen LogP contribution in [0.1, 0.15) is 86.5 Å². The summed E-state index contributed by atoms with van der Waals surface area (Å²) in [5.41, 5.74) is -4.38. The summed E-state index contributed by atoms with van der Waals surface area (Å²) in [6.07, 6.45) is -5.92. The Morgan fingerprint density at radius 3 is 1.16 bits per heavy atom. The highest BCUT2D eigenvalue weighted by atomic mass is 19.4. The summed E-state index contributed by atoms with van der Waals surface area (Å²) < 4.78 is 145. The second-order valence-corrected chi connectivity index (χ2v) is 13.6. The molecule has 62 heavy (non-hydrogen) atoms. The van der Waals surface area contributed by atoms with Gasteiger partial charge in [-0.3, -0.25) is 9.59 Å². The van der Waals surface area contributed by atoms with Crippen LogP contribution in [0, 0.1) is 11.6 Å². The lowest BCUT2D eigenvalue weighted by molar-refractivity contribution is -0.165. The van der Waals surface area contributed by atoms with Crippen molar-refractivity contribution < 1.29 is 82.7 Å². The first kappa shape index (κ1) is 50.4. The zero-order chi connectivity index (χ0) is 45.7. The molecule has 0 atom stereocenters. The molecule has 0 saturated heterocycles. The third-order valence-electron chi connectivity index (χ3n) is 8.79. The smallest absolute Gasteiger partial charge is 0.420 e. The molecule has 10 nitrogen and oxygen atoms in total. The highest BCUT2D eigenvalue weighted by Gasteiger charge is 2.49. The Morgan fingerprint density at radius 2 is 0.839 bits per heavy atom. The van der Waals surface area contributed by atoms with E-state index in [0.29, 0.717) is 50.7 Å². The Hall–Kier alpha value is -5.94. The Morgan fingerprint density at radius 1 is 0.500 bits per heavy atom. The third-order valence-corrected chi connectivity index (χ3v) is 8.79. The second kappa shape index (κ2) is 25.1. The van der Waals surface area contributed by atoms with E-state index >= 15 is 0 Å². The summed E-state index contributed by atoms with van der Waals surface area (Å²) >= 11 is 0. The SMILES string of the molecule is C=CC(=O)OCCCCCCOc1ccc(CCC(=O)Oc2ccc(OC(=O)CCc3ccc(OCCCCCCOC(=O)C=C)c(F)c3)c(C(F)(F)F)c2C(F)(F)F)cc1F. The summed E-state index contributed by atoms with van der Waals surface area (Å²) in [5, 5.41) is 0. The number of benzene rings is 3. The number of hydrogen-bond acceptors (Lipinski definition) is 10. The van der Waals surface area contributed by atoms with Crippen LogP contribution < -0.4 is 18.9 Å². The molecular weight excluding hydrogens is 840 g/mol. The van der Waals surface area contributed by atoms with Crippen molar-refractivity contribution in [2.75, 3.05) is 26.4 Å². The highest BCUT2D eigenvalue weighted by Crippen LogP contribution is 2.49. The number of carbonyl (C=O) groups excluding carboxylic acids is 4. The fourth-order valence-corrected chi connectivity index (χ4v) is 5.71. The minimum absolute atomic E-state index is 0.0945. The summed E-state index contributed by atoms with van der Waals surface area (Å²) in [4.78, 5) is 47.2. The molecule has 0 unspecified atom stereocenters. The first-order chi connectivity index (χ1) is 29.4. The molecular formula is C44H46F8O10. The maximum absolute atomic E-state index is 14.6. The van der Waals surface area contributed by atoms with E-state index in [1.54, 1.807) is 0 Å². The van der Waals surface area contributed by atoms with Crippen molar-refractivity contribution in [1.29, 1.82) is 0 Å². The van der Waals surface area contributed by atoms with Crippen molar-refractivity contribution in [3.8, 4) is 23.0 Å². The Bertz CT molecular complexity index is 1850. The van der Waals surface area contributed by atoms with Gasteiger partial charge in [-0.25, -0.2) is 18.4 Å². The van der Waals surface area contributed by atoms with Gasteiger partial charge in [0, 0.05) is 25.0 Å². The van der Waals surface area contributed by atoms with Gasteiger partial charge in [-0.2, -0.15) is 26.3 Å². The van der Waals surface area contributed by atoms with E-state index in [1.165, 1.54) is 24.3 Å². The molecule has 0 radical (unpaired) electrons. The van der Waals surface area contributed by atoms with Gasteiger partial charge in [-0.05, 0) is 112 Å². The molecule has 0 heterocycles. The lowest BCUT2D eigenvalue weighted by Crippen LogP contribution is -2.22. The summed E-state index contributed by atoms with van der Waals surface area (Å²) in [7, 11) is 0. The van der Waals surface area contributed by atoms with Crippen LogP contribution in [0.5, 0.6) is 23.0 Å². The topological polar surface area (TPSA) is 124 Å². The van der Waals surface area contributed by atoms with Crippen LogP contribution in [0.4, 0.5) is 35.1 Å². The molecule has 0 fully saturated rings. The molecule has 0 N–H and O–H groups in total. The van der Waals surface area contributed by atoms with Gasteiger partial charge in [0.25, 0.3) is 0 Å². The number of carbonyl (C=O) groups is 4. The van der Waals surface area contributed by atoms with E-state index in [0.717, 1.165) is 37.1 Å². The van der Waals surface area contributed by atoms with E-state index < -0.39 is 83.3 Å². The number of unbranched alkanes of at least 4 members (excludes halogenated alkanes) is 6. The predicted molar refractivity (Wildman–Crippen MR) is 207 cm³/mol. The predicted octanol–water partition coefficient (Wildman–Crippen LogP) is 10.4. The van der Waals surface area contributed by atoms with Crippen LogP contribution in [-0.2, 0) is 53.8 Å². The van der Waals surface area contributed by atoms with Crippen molar-refractivity contribution in [1.82, 2.24) is 0 Å². The van der Waals surface area contributed by atoms with Crippen molar-refractivity contribution in [3.05, 3.63) is 108 Å². The van der Waals surface area contributed by atoms with E-state index in [2.05, 4.69) is 13.2 Å². The number of aryl methyl sites for hydroxylation is 2. The molecule has 3 aromatic rings. The second-order valence-electron chi connectivity index (χ2n) is 13.6. The van der Waals surface area contributed by atoms with Gasteiger partial charge in [0.2, 0.25) is 0 Å². The fourth-order valence-electron chi connectivity index (χ4n) is 5.71. The average Bonchev–Trinajstić information content (AvgIpc) is 3.21. The molecule has 3 rings (SSSR count). The summed E-state index contributed by atoms with van der Waals surface area (Å²) in [6, 6.07) is 8.26. The quantitative estimate of drug-likeness (QED) is 0.0253. The first-order valence-electron chi connectivity index (χ1n) is 19.6. The number of halogens is 8. The maximum atomic E-state index is 14.6. The molecule has 0 bridgehead atoms. The van der Waals surface area contributed by atoms with E-state index in [1.807, 2.05) is 0 Å². The maximum Gasteiger partial charge on any atom is 0.420 e. The van der Waals surface area contributed by atoms with Gasteiger partial charge in [0.1, 0.15) is 22.6 Å². The molecule has 0 aliphatic carbocycles. The largest absolute Gasteiger partial charge is 0.491 e. The number of alkyl halides is 6. The molecule has 0 amide bonds. The van der Waals surface area contributed by atoms with Crippen LogP contribution in [-0.4, -0.2) is 50.3 Å². The van der Waals surface area contributed by atoms with Crippen molar-refractivity contribution in [2.24, 2.45) is 0 Å². The lowest BCUT2D eigenvalue weighted by atomic mass is 10.0. The minimum atomic E-state index is -5.74. The van der Waals surface area contributed by atoms with Crippen LogP contribution in [0.15, 0.2) is 73.8 Å². The molecule has 0 aliphatic rings. The molecule has 18 heteroatoms. The Labute approximate surface area is 352 Å². The summed E-state index contributed by atoms with van der Waals surface area (Å²) in [5.74, 6) is -8.52. The number of ether oxygens (including phenoxy) is 6.